The molecule has 2 atom stereocenters. The number of carboxylic acid groups (broad SMARTS) is 1. The van der Waals surface area contributed by atoms with Crippen molar-refractivity contribution in [3.05, 3.63) is 0 Å². The Kier molecular flexibility index (Phi) is 23.8. The molecule has 2 saturated heterocycles. The molecule has 2 aliphatic rings. The van der Waals surface area contributed by atoms with Crippen molar-refractivity contribution in [1.29, 1.82) is 0 Å². The van der Waals surface area contributed by atoms with Crippen LogP contribution in [-0.4, -0.2) is 72.6 Å². The Labute approximate surface area is 240 Å². The third kappa shape index (κ3) is 25.5. The third-order valence-electron chi connectivity index (χ3n) is 7.63. The first-order chi connectivity index (χ1) is 18.6. The lowest BCUT2D eigenvalue weighted by Crippen LogP contribution is -2.46. The largest absolute Gasteiger partial charge is 0.481 e. The molecule has 0 radical (unpaired) electrons. The molecular formula is C31H63N3O5. The highest BCUT2D eigenvalue weighted by molar-refractivity contribution is 5.68. The fraction of sp³-hybridized carbons (Fsp3) is 0.935. The number of unbranched alkanes of at least 4 members (excludes halogenated alkanes) is 5. The van der Waals surface area contributed by atoms with Crippen LogP contribution in [0, 0.1) is 11.3 Å². The molecule has 0 aromatic carbocycles. The number of rotatable bonds is 16. The average Bonchev–Trinajstić information content (AvgIpc) is 2.91. The van der Waals surface area contributed by atoms with Gasteiger partial charge in [-0.1, -0.05) is 72.6 Å². The van der Waals surface area contributed by atoms with Crippen LogP contribution in [0.5, 0.6) is 0 Å². The number of aliphatic hydroxyl groups excluding tert-OH is 1. The minimum atomic E-state index is -0.717. The number of aliphatic carboxylic acids is 1. The maximum atomic E-state index is 11.6. The molecule has 0 aromatic rings. The molecule has 2 rings (SSSR count). The molecule has 2 aliphatic heterocycles. The minimum absolute atomic E-state index is 0.113. The second-order valence-corrected chi connectivity index (χ2v) is 12.2. The normalized spacial score (nSPS) is 18.7. The number of piperidine rings is 1. The number of aliphatic hydroxyl groups is 1. The van der Waals surface area contributed by atoms with Crippen LogP contribution in [0.1, 0.15) is 131 Å². The van der Waals surface area contributed by atoms with E-state index in [0.717, 1.165) is 84.1 Å². The lowest BCUT2D eigenvalue weighted by atomic mass is 9.84. The summed E-state index contributed by atoms with van der Waals surface area (Å²) in [6.07, 6.45) is 14.9. The Hall–Kier alpha value is -1.22. The molecule has 2 unspecified atom stereocenters. The molecule has 0 amide bonds. The van der Waals surface area contributed by atoms with E-state index < -0.39 is 5.97 Å². The molecule has 8 nitrogen and oxygen atoms in total. The van der Waals surface area contributed by atoms with Crippen molar-refractivity contribution in [1.82, 2.24) is 15.7 Å². The number of hydrogen-bond acceptors (Lipinski definition) is 7. The van der Waals surface area contributed by atoms with Gasteiger partial charge in [0.05, 0.1) is 0 Å². The fourth-order valence-corrected chi connectivity index (χ4v) is 4.39. The van der Waals surface area contributed by atoms with Gasteiger partial charge in [-0.25, -0.2) is 0 Å². The number of carboxylic acids is 1. The summed E-state index contributed by atoms with van der Waals surface area (Å²) >= 11 is 0. The second-order valence-electron chi connectivity index (χ2n) is 12.2. The number of carbonyl (C=O) groups excluding carboxylic acids is 1. The Bertz CT molecular complexity index is 591. The van der Waals surface area contributed by atoms with Crippen LogP contribution in [0.2, 0.25) is 0 Å². The Morgan fingerprint density at radius 2 is 1.59 bits per heavy atom. The third-order valence-corrected chi connectivity index (χ3v) is 7.63. The molecule has 0 aromatic heterocycles. The Morgan fingerprint density at radius 3 is 2.08 bits per heavy atom. The lowest BCUT2D eigenvalue weighted by Gasteiger charge is -2.24. The van der Waals surface area contributed by atoms with Crippen molar-refractivity contribution in [3.63, 3.8) is 0 Å². The van der Waals surface area contributed by atoms with Gasteiger partial charge in [-0.15, -0.1) is 5.06 Å². The van der Waals surface area contributed by atoms with Gasteiger partial charge in [0, 0.05) is 58.2 Å². The van der Waals surface area contributed by atoms with E-state index in [1.165, 1.54) is 32.1 Å². The predicted molar refractivity (Wildman–Crippen MR) is 161 cm³/mol. The van der Waals surface area contributed by atoms with Crippen LogP contribution in [0.3, 0.4) is 0 Å². The average molecular weight is 558 g/mol. The Balaban J connectivity index is 0.000000638. The summed E-state index contributed by atoms with van der Waals surface area (Å²) < 4.78 is 0. The molecule has 0 bridgehead atoms. The molecule has 2 heterocycles. The number of carbonyl (C=O) groups is 2. The van der Waals surface area contributed by atoms with Crippen LogP contribution in [0.25, 0.3) is 0 Å². The monoisotopic (exact) mass is 557 g/mol. The summed E-state index contributed by atoms with van der Waals surface area (Å²) in [5, 5.41) is 25.7. The SMILES string of the molecule is CC1CNCCN1.CCC(C)(C)CCCC(C)CO.O=C(O)CCCCCCCCC(=O)ON1CCCCC1. The van der Waals surface area contributed by atoms with Gasteiger partial charge in [0.1, 0.15) is 0 Å². The maximum absolute atomic E-state index is 11.6. The van der Waals surface area contributed by atoms with Crippen LogP contribution >= 0.6 is 0 Å². The van der Waals surface area contributed by atoms with Gasteiger partial charge in [0.2, 0.25) is 0 Å². The van der Waals surface area contributed by atoms with E-state index in [1.54, 1.807) is 5.06 Å². The topological polar surface area (TPSA) is 111 Å². The van der Waals surface area contributed by atoms with Crippen LogP contribution in [0.4, 0.5) is 0 Å². The Morgan fingerprint density at radius 1 is 0.974 bits per heavy atom. The highest BCUT2D eigenvalue weighted by Gasteiger charge is 2.15. The number of nitrogens with zero attached hydrogens (tertiary/aromatic N) is 1. The molecule has 2 fully saturated rings. The van der Waals surface area contributed by atoms with Gasteiger partial charge in [-0.2, -0.15) is 0 Å². The minimum Gasteiger partial charge on any atom is -0.481 e. The van der Waals surface area contributed by atoms with Crippen LogP contribution in [0.15, 0.2) is 0 Å². The molecule has 0 spiro atoms. The summed E-state index contributed by atoms with van der Waals surface area (Å²) in [6, 6.07) is 0.675. The molecule has 232 valence electrons. The van der Waals surface area contributed by atoms with Gasteiger partial charge in [-0.05, 0) is 56.8 Å². The smallest absolute Gasteiger partial charge is 0.325 e. The molecule has 0 saturated carbocycles. The summed E-state index contributed by atoms with van der Waals surface area (Å²) in [5.74, 6) is -0.346. The van der Waals surface area contributed by atoms with Crippen molar-refractivity contribution in [2.45, 2.75) is 137 Å². The number of nitrogens with one attached hydrogen (secondary N) is 2. The van der Waals surface area contributed by atoms with Crippen molar-refractivity contribution >= 4 is 11.9 Å². The first kappa shape index (κ1) is 37.8. The van der Waals surface area contributed by atoms with E-state index in [-0.39, 0.29) is 12.4 Å². The highest BCUT2D eigenvalue weighted by Crippen LogP contribution is 2.27. The number of piperazine rings is 1. The van der Waals surface area contributed by atoms with Gasteiger partial charge >= 0.3 is 11.9 Å². The lowest BCUT2D eigenvalue weighted by molar-refractivity contribution is -0.194. The molecular weight excluding hydrogens is 494 g/mol. The highest BCUT2D eigenvalue weighted by atomic mass is 16.7. The van der Waals surface area contributed by atoms with Crippen molar-refractivity contribution < 1.29 is 24.6 Å². The summed E-state index contributed by atoms with van der Waals surface area (Å²) in [4.78, 5) is 27.2. The van der Waals surface area contributed by atoms with Crippen LogP contribution in [-0.2, 0) is 14.4 Å². The molecule has 0 aliphatic carbocycles. The zero-order valence-electron chi connectivity index (χ0n) is 26.1. The maximum Gasteiger partial charge on any atom is 0.325 e. The van der Waals surface area contributed by atoms with E-state index in [2.05, 4.69) is 45.3 Å². The van der Waals surface area contributed by atoms with E-state index in [4.69, 9.17) is 15.1 Å². The van der Waals surface area contributed by atoms with Crippen molar-refractivity contribution in [2.75, 3.05) is 39.3 Å². The van der Waals surface area contributed by atoms with E-state index >= 15 is 0 Å². The first-order valence-electron chi connectivity index (χ1n) is 15.8. The quantitative estimate of drug-likeness (QED) is 0.173. The van der Waals surface area contributed by atoms with Gasteiger partial charge in [0.15, 0.2) is 0 Å². The van der Waals surface area contributed by atoms with Crippen molar-refractivity contribution in [3.8, 4) is 0 Å². The van der Waals surface area contributed by atoms with Gasteiger partial charge in [0.25, 0.3) is 0 Å². The predicted octanol–water partition coefficient (Wildman–Crippen LogP) is 5.92. The van der Waals surface area contributed by atoms with Gasteiger partial charge < -0.3 is 25.7 Å². The van der Waals surface area contributed by atoms with Crippen molar-refractivity contribution in [2.24, 2.45) is 11.3 Å². The fourth-order valence-electron chi connectivity index (χ4n) is 4.39. The molecule has 8 heteroatoms. The summed E-state index contributed by atoms with van der Waals surface area (Å²) in [5.41, 5.74) is 0.495. The molecule has 39 heavy (non-hydrogen) atoms. The zero-order valence-corrected chi connectivity index (χ0v) is 26.1. The number of hydrogen-bond donors (Lipinski definition) is 4. The van der Waals surface area contributed by atoms with Gasteiger partial charge in [-0.3, -0.25) is 9.59 Å². The van der Waals surface area contributed by atoms with E-state index in [1.807, 2.05) is 0 Å². The zero-order chi connectivity index (χ0) is 29.4. The van der Waals surface area contributed by atoms with E-state index in [0.29, 0.717) is 30.4 Å². The molecule has 4 N–H and O–H groups in total. The van der Waals surface area contributed by atoms with E-state index in [9.17, 15) is 9.59 Å². The second kappa shape index (κ2) is 24.6. The summed E-state index contributed by atoms with van der Waals surface area (Å²) in [7, 11) is 0. The standard InChI is InChI=1S/C15H27NO4.C11H24O.C5H12N2/c17-14(18)10-6-3-1-2-4-7-11-15(19)20-16-12-8-5-9-13-16;1-5-11(3,4)8-6-7-10(2)9-12;1-5-4-6-2-3-7-5/h1-13H2,(H,17,18);10,12H,5-9H2,1-4H3;5-7H,2-4H2,1H3. The summed E-state index contributed by atoms with van der Waals surface area (Å²) in [6.45, 7) is 16.6. The first-order valence-corrected chi connectivity index (χ1v) is 15.8. The number of hydroxylamine groups is 2. The van der Waals surface area contributed by atoms with Crippen LogP contribution < -0.4 is 10.6 Å².